The molecule has 18 heavy (non-hydrogen) atoms. The Balaban J connectivity index is 1.73. The predicted octanol–water partition coefficient (Wildman–Crippen LogP) is 2.22. The highest BCUT2D eigenvalue weighted by Gasteiger charge is 2.28. The quantitative estimate of drug-likeness (QED) is 0.804. The molecule has 1 aromatic carbocycles. The molecule has 2 rings (SSSR count). The molecule has 0 spiro atoms. The van der Waals surface area contributed by atoms with Gasteiger partial charge in [0.2, 0.25) is 0 Å². The molecule has 1 N–H and O–H groups in total. The summed E-state index contributed by atoms with van der Waals surface area (Å²) < 4.78 is 5.59. The summed E-state index contributed by atoms with van der Waals surface area (Å²) >= 11 is 0. The average Bonchev–Trinajstić information content (AvgIpc) is 3.19. The highest BCUT2D eigenvalue weighted by Crippen LogP contribution is 2.26. The molecule has 1 saturated carbocycles. The van der Waals surface area contributed by atoms with Gasteiger partial charge in [0.05, 0.1) is 0 Å². The van der Waals surface area contributed by atoms with Crippen molar-refractivity contribution >= 4 is 0 Å². The minimum Gasteiger partial charge on any atom is -0.491 e. The molecule has 1 fully saturated rings. The Bertz CT molecular complexity index is 359. The van der Waals surface area contributed by atoms with E-state index in [1.165, 1.54) is 18.4 Å². The van der Waals surface area contributed by atoms with Crippen molar-refractivity contribution in [1.82, 2.24) is 4.90 Å². The largest absolute Gasteiger partial charge is 0.491 e. The minimum atomic E-state index is -0.410. The first-order chi connectivity index (χ1) is 8.69. The third-order valence-electron chi connectivity index (χ3n) is 3.38. The van der Waals surface area contributed by atoms with Gasteiger partial charge in [-0.3, -0.25) is 4.90 Å². The third kappa shape index (κ3) is 4.00. The normalized spacial score (nSPS) is 16.9. The standard InChI is InChI=1S/C15H23NO2/c1-3-16(13-6-7-13)10-14(17)11-18-15-8-4-12(2)5-9-15/h4-5,8-9,13-14,17H,3,6-7,10-11H2,1-2H3. The van der Waals surface area contributed by atoms with E-state index in [-0.39, 0.29) is 0 Å². The molecule has 100 valence electrons. The van der Waals surface area contributed by atoms with E-state index in [2.05, 4.69) is 11.8 Å². The molecule has 0 heterocycles. The van der Waals surface area contributed by atoms with Crippen LogP contribution >= 0.6 is 0 Å². The van der Waals surface area contributed by atoms with Crippen LogP contribution in [-0.2, 0) is 0 Å². The first kappa shape index (κ1) is 13.4. The van der Waals surface area contributed by atoms with E-state index in [4.69, 9.17) is 4.74 Å². The van der Waals surface area contributed by atoms with Crippen molar-refractivity contribution in [1.29, 1.82) is 0 Å². The summed E-state index contributed by atoms with van der Waals surface area (Å²) in [7, 11) is 0. The summed E-state index contributed by atoms with van der Waals surface area (Å²) in [5.74, 6) is 0.828. The number of hydrogen-bond acceptors (Lipinski definition) is 3. The van der Waals surface area contributed by atoms with Crippen LogP contribution in [0.4, 0.5) is 0 Å². The fourth-order valence-electron chi connectivity index (χ4n) is 2.13. The lowest BCUT2D eigenvalue weighted by Crippen LogP contribution is -2.36. The number of hydrogen-bond donors (Lipinski definition) is 1. The molecule has 3 nitrogen and oxygen atoms in total. The maximum absolute atomic E-state index is 9.98. The molecular formula is C15H23NO2. The first-order valence-electron chi connectivity index (χ1n) is 6.80. The molecule has 0 radical (unpaired) electrons. The van der Waals surface area contributed by atoms with E-state index in [1.54, 1.807) is 0 Å². The molecule has 1 unspecified atom stereocenters. The smallest absolute Gasteiger partial charge is 0.119 e. The highest BCUT2D eigenvalue weighted by molar-refractivity contribution is 5.26. The fraction of sp³-hybridized carbons (Fsp3) is 0.600. The van der Waals surface area contributed by atoms with Gasteiger partial charge in [-0.05, 0) is 38.4 Å². The monoisotopic (exact) mass is 249 g/mol. The number of nitrogens with zero attached hydrogens (tertiary/aromatic N) is 1. The summed E-state index contributed by atoms with van der Waals surface area (Å²) in [4.78, 5) is 2.34. The predicted molar refractivity (Wildman–Crippen MR) is 72.9 cm³/mol. The molecule has 0 aromatic heterocycles. The third-order valence-corrected chi connectivity index (χ3v) is 3.38. The maximum Gasteiger partial charge on any atom is 0.119 e. The van der Waals surface area contributed by atoms with Gasteiger partial charge in [0.25, 0.3) is 0 Å². The van der Waals surface area contributed by atoms with E-state index in [9.17, 15) is 5.11 Å². The Morgan fingerprint density at radius 3 is 2.56 bits per heavy atom. The van der Waals surface area contributed by atoms with E-state index in [1.807, 2.05) is 31.2 Å². The molecule has 0 saturated heterocycles. The molecule has 1 atom stereocenters. The summed E-state index contributed by atoms with van der Waals surface area (Å²) in [6.07, 6.45) is 2.14. The maximum atomic E-state index is 9.98. The Hall–Kier alpha value is -1.06. The zero-order valence-electron chi connectivity index (χ0n) is 11.3. The van der Waals surface area contributed by atoms with E-state index in [0.29, 0.717) is 19.2 Å². The lowest BCUT2D eigenvalue weighted by atomic mass is 10.2. The SMILES string of the molecule is CCN(CC(O)COc1ccc(C)cc1)C1CC1. The van der Waals surface area contributed by atoms with Gasteiger partial charge in [-0.1, -0.05) is 24.6 Å². The van der Waals surface area contributed by atoms with E-state index in [0.717, 1.165) is 12.3 Å². The second-order valence-corrected chi connectivity index (χ2v) is 5.10. The van der Waals surface area contributed by atoms with Crippen LogP contribution in [0.15, 0.2) is 24.3 Å². The van der Waals surface area contributed by atoms with Crippen molar-refractivity contribution < 1.29 is 9.84 Å². The second kappa shape index (κ2) is 6.21. The van der Waals surface area contributed by atoms with Gasteiger partial charge in [-0.2, -0.15) is 0 Å². The summed E-state index contributed by atoms with van der Waals surface area (Å²) in [6.45, 7) is 6.28. The molecule has 1 aliphatic carbocycles. The Kier molecular flexibility index (Phi) is 4.61. The van der Waals surface area contributed by atoms with Crippen LogP contribution < -0.4 is 4.74 Å². The molecular weight excluding hydrogens is 226 g/mol. The Morgan fingerprint density at radius 1 is 1.33 bits per heavy atom. The zero-order valence-corrected chi connectivity index (χ0v) is 11.3. The van der Waals surface area contributed by atoms with Crippen molar-refractivity contribution in [3.63, 3.8) is 0 Å². The van der Waals surface area contributed by atoms with Gasteiger partial charge >= 0.3 is 0 Å². The molecule has 0 aliphatic heterocycles. The van der Waals surface area contributed by atoms with Crippen LogP contribution in [0.1, 0.15) is 25.3 Å². The fourth-order valence-corrected chi connectivity index (χ4v) is 2.13. The van der Waals surface area contributed by atoms with Gasteiger partial charge in [-0.25, -0.2) is 0 Å². The number of benzene rings is 1. The van der Waals surface area contributed by atoms with Crippen LogP contribution in [0.3, 0.4) is 0 Å². The molecule has 3 heteroatoms. The molecule has 1 aliphatic rings. The van der Waals surface area contributed by atoms with Crippen LogP contribution in [0.25, 0.3) is 0 Å². The summed E-state index contributed by atoms with van der Waals surface area (Å²) in [6, 6.07) is 8.62. The van der Waals surface area contributed by atoms with Crippen LogP contribution in [-0.4, -0.2) is 41.8 Å². The molecule has 0 bridgehead atoms. The number of ether oxygens (including phenoxy) is 1. The number of aryl methyl sites for hydroxylation is 1. The second-order valence-electron chi connectivity index (χ2n) is 5.10. The van der Waals surface area contributed by atoms with Gasteiger partial charge in [0.15, 0.2) is 0 Å². The van der Waals surface area contributed by atoms with Crippen molar-refractivity contribution in [2.75, 3.05) is 19.7 Å². The van der Waals surface area contributed by atoms with Crippen molar-refractivity contribution in [3.8, 4) is 5.75 Å². The van der Waals surface area contributed by atoms with Crippen LogP contribution in [0.2, 0.25) is 0 Å². The van der Waals surface area contributed by atoms with Crippen molar-refractivity contribution in [2.45, 2.75) is 38.8 Å². The highest BCUT2D eigenvalue weighted by atomic mass is 16.5. The topological polar surface area (TPSA) is 32.7 Å². The lowest BCUT2D eigenvalue weighted by molar-refractivity contribution is 0.0673. The number of aliphatic hydroxyl groups excluding tert-OH is 1. The molecule has 1 aromatic rings. The van der Waals surface area contributed by atoms with Crippen molar-refractivity contribution in [3.05, 3.63) is 29.8 Å². The van der Waals surface area contributed by atoms with Crippen LogP contribution in [0.5, 0.6) is 5.75 Å². The van der Waals surface area contributed by atoms with Gasteiger partial charge < -0.3 is 9.84 Å². The zero-order chi connectivity index (χ0) is 13.0. The van der Waals surface area contributed by atoms with Gasteiger partial charge in [0, 0.05) is 12.6 Å². The lowest BCUT2D eigenvalue weighted by Gasteiger charge is -2.23. The summed E-state index contributed by atoms with van der Waals surface area (Å²) in [5.41, 5.74) is 1.22. The van der Waals surface area contributed by atoms with Crippen molar-refractivity contribution in [2.24, 2.45) is 0 Å². The summed E-state index contributed by atoms with van der Waals surface area (Å²) in [5, 5.41) is 9.98. The van der Waals surface area contributed by atoms with E-state index < -0.39 is 6.10 Å². The number of likely N-dealkylation sites (N-methyl/N-ethyl adjacent to an activating group) is 1. The minimum absolute atomic E-state index is 0.367. The first-order valence-corrected chi connectivity index (χ1v) is 6.80. The van der Waals surface area contributed by atoms with Crippen LogP contribution in [0, 0.1) is 6.92 Å². The van der Waals surface area contributed by atoms with Gasteiger partial charge in [0.1, 0.15) is 18.5 Å². The Morgan fingerprint density at radius 2 is 2.00 bits per heavy atom. The average molecular weight is 249 g/mol. The number of aliphatic hydroxyl groups is 1. The Labute approximate surface area is 109 Å². The van der Waals surface area contributed by atoms with E-state index >= 15 is 0 Å². The number of rotatable bonds is 7. The molecule has 0 amide bonds. The van der Waals surface area contributed by atoms with Gasteiger partial charge in [-0.15, -0.1) is 0 Å².